The molecule has 86 valence electrons. The Kier molecular flexibility index (Phi) is 5.19. The molecule has 1 atom stereocenters. The largest absolute Gasteiger partial charge is 0.494 e. The highest BCUT2D eigenvalue weighted by molar-refractivity contribution is 5.36. The van der Waals surface area contributed by atoms with E-state index in [9.17, 15) is 0 Å². The van der Waals surface area contributed by atoms with Crippen LogP contribution in [0.15, 0.2) is 29.4 Å². The molecule has 5 heteroatoms. The molecular weight excluding hydrogens is 206 g/mol. The smallest absolute Gasteiger partial charge is 0.122 e. The average Bonchev–Trinajstić information content (AvgIpc) is 2.30. The predicted octanol–water partition coefficient (Wildman–Crippen LogP) is 2.82. The fraction of sp³-hybridized carbons (Fsp3) is 0.455. The Hall–Kier alpha value is -1.71. The average molecular weight is 221 g/mol. The molecule has 1 N–H and O–H groups in total. The van der Waals surface area contributed by atoms with Gasteiger partial charge >= 0.3 is 0 Å². The van der Waals surface area contributed by atoms with Crippen molar-refractivity contribution in [3.05, 3.63) is 40.3 Å². The molecule has 1 rings (SSSR count). The number of aliphatic hydroxyl groups is 1. The Bertz CT molecular complexity index is 375. The van der Waals surface area contributed by atoms with Gasteiger partial charge in [0, 0.05) is 17.1 Å². The molecule has 0 spiro atoms. The van der Waals surface area contributed by atoms with Crippen molar-refractivity contribution in [2.45, 2.75) is 19.4 Å². The first kappa shape index (κ1) is 12.4. The van der Waals surface area contributed by atoms with E-state index in [2.05, 4.69) is 10.0 Å². The maximum atomic E-state index is 8.92. The summed E-state index contributed by atoms with van der Waals surface area (Å²) in [5, 5.41) is 12.6. The molecule has 1 aromatic carbocycles. The van der Waals surface area contributed by atoms with E-state index < -0.39 is 0 Å². The number of nitrogens with zero attached hydrogens (tertiary/aromatic N) is 3. The van der Waals surface area contributed by atoms with Gasteiger partial charge in [-0.3, -0.25) is 0 Å². The summed E-state index contributed by atoms with van der Waals surface area (Å²) in [6, 6.07) is 7.02. The summed E-state index contributed by atoms with van der Waals surface area (Å²) in [6.07, 6.45) is 0.397. The zero-order valence-electron chi connectivity index (χ0n) is 9.21. The summed E-state index contributed by atoms with van der Waals surface area (Å²) in [5.41, 5.74) is 9.30. The number of ether oxygens (including phenoxy) is 1. The minimum atomic E-state index is -0.377. The fourth-order valence-corrected chi connectivity index (χ4v) is 1.50. The number of rotatable bonds is 6. The third kappa shape index (κ3) is 3.15. The van der Waals surface area contributed by atoms with E-state index >= 15 is 0 Å². The molecule has 0 aliphatic rings. The Labute approximate surface area is 94.3 Å². The maximum absolute atomic E-state index is 8.92. The molecule has 1 unspecified atom stereocenters. The lowest BCUT2D eigenvalue weighted by Crippen LogP contribution is -2.02. The summed E-state index contributed by atoms with van der Waals surface area (Å²) in [5.74, 6) is 0.704. The summed E-state index contributed by atoms with van der Waals surface area (Å²) >= 11 is 0. The van der Waals surface area contributed by atoms with Crippen LogP contribution in [0.5, 0.6) is 5.75 Å². The van der Waals surface area contributed by atoms with Crippen molar-refractivity contribution < 1.29 is 9.84 Å². The lowest BCUT2D eigenvalue weighted by atomic mass is 10.0. The molecule has 0 aromatic heterocycles. The van der Waals surface area contributed by atoms with E-state index in [1.165, 1.54) is 0 Å². The van der Waals surface area contributed by atoms with Crippen LogP contribution in [0.3, 0.4) is 0 Å². The second-order valence-corrected chi connectivity index (χ2v) is 3.20. The second-order valence-electron chi connectivity index (χ2n) is 3.20. The van der Waals surface area contributed by atoms with Gasteiger partial charge in [0.1, 0.15) is 5.75 Å². The van der Waals surface area contributed by atoms with Crippen LogP contribution in [0.2, 0.25) is 0 Å². The molecule has 5 nitrogen and oxygen atoms in total. The van der Waals surface area contributed by atoms with Gasteiger partial charge in [-0.25, -0.2) is 0 Å². The van der Waals surface area contributed by atoms with Crippen LogP contribution < -0.4 is 4.74 Å². The van der Waals surface area contributed by atoms with Crippen LogP contribution in [-0.4, -0.2) is 18.3 Å². The van der Waals surface area contributed by atoms with Crippen LogP contribution >= 0.6 is 0 Å². The summed E-state index contributed by atoms with van der Waals surface area (Å²) in [6.45, 7) is 2.43. The van der Waals surface area contributed by atoms with E-state index in [1.54, 1.807) is 0 Å². The first-order valence-corrected chi connectivity index (χ1v) is 5.20. The molecule has 0 saturated carbocycles. The molecule has 0 bridgehead atoms. The van der Waals surface area contributed by atoms with Gasteiger partial charge in [0.05, 0.1) is 12.6 Å². The highest BCUT2D eigenvalue weighted by Gasteiger charge is 2.13. The van der Waals surface area contributed by atoms with Crippen molar-refractivity contribution in [2.24, 2.45) is 5.11 Å². The summed E-state index contributed by atoms with van der Waals surface area (Å²) < 4.78 is 5.45. The maximum Gasteiger partial charge on any atom is 0.122 e. The first-order chi connectivity index (χ1) is 7.83. The van der Waals surface area contributed by atoms with Crippen molar-refractivity contribution in [1.29, 1.82) is 0 Å². The molecule has 0 heterocycles. The van der Waals surface area contributed by atoms with Crippen molar-refractivity contribution in [1.82, 2.24) is 0 Å². The molecule has 0 saturated heterocycles. The lowest BCUT2D eigenvalue weighted by molar-refractivity contribution is 0.273. The number of aliphatic hydroxyl groups excluding tert-OH is 1. The minimum absolute atomic E-state index is 0.0237. The van der Waals surface area contributed by atoms with Crippen molar-refractivity contribution in [2.75, 3.05) is 13.2 Å². The van der Waals surface area contributed by atoms with Gasteiger partial charge in [-0.1, -0.05) is 23.3 Å². The summed E-state index contributed by atoms with van der Waals surface area (Å²) in [7, 11) is 0. The third-order valence-corrected chi connectivity index (χ3v) is 2.17. The van der Waals surface area contributed by atoms with Gasteiger partial charge in [0.15, 0.2) is 0 Å². The first-order valence-electron chi connectivity index (χ1n) is 5.20. The highest BCUT2D eigenvalue weighted by atomic mass is 16.5. The van der Waals surface area contributed by atoms with Crippen molar-refractivity contribution in [3.63, 3.8) is 0 Å². The number of para-hydroxylation sites is 1. The van der Waals surface area contributed by atoms with Crippen LogP contribution in [0, 0.1) is 0 Å². The van der Waals surface area contributed by atoms with E-state index in [-0.39, 0.29) is 12.6 Å². The Morgan fingerprint density at radius 1 is 1.50 bits per heavy atom. The Morgan fingerprint density at radius 3 is 2.88 bits per heavy atom. The lowest BCUT2D eigenvalue weighted by Gasteiger charge is -2.14. The summed E-state index contributed by atoms with van der Waals surface area (Å²) in [4.78, 5) is 2.79. The Morgan fingerprint density at radius 2 is 2.25 bits per heavy atom. The molecule has 1 aromatic rings. The van der Waals surface area contributed by atoms with E-state index in [0.29, 0.717) is 18.8 Å². The third-order valence-electron chi connectivity index (χ3n) is 2.17. The number of hydrogen-bond donors (Lipinski definition) is 1. The molecule has 0 amide bonds. The monoisotopic (exact) mass is 221 g/mol. The SMILES string of the molecule is CCOc1ccccc1C(CCO)N=[N+]=[N-]. The van der Waals surface area contributed by atoms with E-state index in [1.807, 2.05) is 31.2 Å². The minimum Gasteiger partial charge on any atom is -0.494 e. The van der Waals surface area contributed by atoms with E-state index in [0.717, 1.165) is 5.56 Å². The van der Waals surface area contributed by atoms with Gasteiger partial charge in [-0.15, -0.1) is 0 Å². The van der Waals surface area contributed by atoms with Gasteiger partial charge < -0.3 is 9.84 Å². The number of hydrogen-bond acceptors (Lipinski definition) is 3. The van der Waals surface area contributed by atoms with Gasteiger partial charge in [-0.2, -0.15) is 0 Å². The topological polar surface area (TPSA) is 78.2 Å². The van der Waals surface area contributed by atoms with Crippen LogP contribution in [0.1, 0.15) is 24.9 Å². The molecule has 0 aliphatic carbocycles. The van der Waals surface area contributed by atoms with Crippen LogP contribution in [0.25, 0.3) is 10.4 Å². The zero-order chi connectivity index (χ0) is 11.8. The number of azide groups is 1. The Balaban J connectivity index is 3.01. The van der Waals surface area contributed by atoms with Gasteiger partial charge in [-0.05, 0) is 24.9 Å². The van der Waals surface area contributed by atoms with Crippen molar-refractivity contribution in [3.8, 4) is 5.75 Å². The standard InChI is InChI=1S/C11H15N3O2/c1-2-16-11-6-4-3-5-9(11)10(7-8-15)13-14-12/h3-6,10,15H,2,7-8H2,1H3. The second kappa shape index (κ2) is 6.71. The normalized spacial score (nSPS) is 11.6. The van der Waals surface area contributed by atoms with Crippen molar-refractivity contribution >= 4 is 0 Å². The predicted molar refractivity (Wildman–Crippen MR) is 61.2 cm³/mol. The fourth-order valence-electron chi connectivity index (χ4n) is 1.50. The molecule has 16 heavy (non-hydrogen) atoms. The molecule has 0 radical (unpaired) electrons. The van der Waals surface area contributed by atoms with Crippen LogP contribution in [0.4, 0.5) is 0 Å². The zero-order valence-corrected chi connectivity index (χ0v) is 9.21. The highest BCUT2D eigenvalue weighted by Crippen LogP contribution is 2.29. The van der Waals surface area contributed by atoms with Crippen LogP contribution in [-0.2, 0) is 0 Å². The quantitative estimate of drug-likeness (QED) is 0.455. The van der Waals surface area contributed by atoms with Gasteiger partial charge in [0.2, 0.25) is 0 Å². The molecule has 0 aliphatic heterocycles. The number of benzene rings is 1. The molecule has 0 fully saturated rings. The van der Waals surface area contributed by atoms with Gasteiger partial charge in [0.25, 0.3) is 0 Å². The molecular formula is C11H15N3O2. The van der Waals surface area contributed by atoms with E-state index in [4.69, 9.17) is 15.4 Å².